The van der Waals surface area contributed by atoms with Crippen molar-refractivity contribution in [2.45, 2.75) is 0 Å². The summed E-state index contributed by atoms with van der Waals surface area (Å²) < 4.78 is 17.5. The Morgan fingerprint density at radius 3 is 2.13 bits per heavy atom. The monoisotopic (exact) mass is 505 g/mol. The Hall–Kier alpha value is -4.80. The van der Waals surface area contributed by atoms with Crippen molar-refractivity contribution in [3.63, 3.8) is 0 Å². The van der Waals surface area contributed by atoms with Crippen LogP contribution >= 0.6 is 11.3 Å². The molecule has 0 aliphatic rings. The lowest BCUT2D eigenvalue weighted by atomic mass is 10.0. The van der Waals surface area contributed by atoms with Gasteiger partial charge in [-0.3, -0.25) is 4.57 Å². The summed E-state index contributed by atoms with van der Waals surface area (Å²) in [6, 6.07) is 40.6. The summed E-state index contributed by atoms with van der Waals surface area (Å²) in [5.41, 5.74) is 6.41. The highest BCUT2D eigenvalue weighted by Crippen LogP contribution is 2.46. The molecule has 3 nitrogen and oxygen atoms in total. The molecule has 0 unspecified atom stereocenters. The van der Waals surface area contributed by atoms with Crippen LogP contribution in [0.15, 0.2) is 124 Å². The van der Waals surface area contributed by atoms with Gasteiger partial charge in [0.05, 0.1) is 26.7 Å². The van der Waals surface area contributed by atoms with Gasteiger partial charge in [0.1, 0.15) is 5.58 Å². The van der Waals surface area contributed by atoms with Crippen LogP contribution in [0.1, 0.15) is 0 Å². The maximum absolute atomic E-state index is 6.52. The Bertz CT molecular complexity index is 2350. The van der Waals surface area contributed by atoms with Crippen LogP contribution in [0.2, 0.25) is 0 Å². The molecule has 38 heavy (non-hydrogen) atoms. The molecule has 9 rings (SSSR count). The highest BCUT2D eigenvalue weighted by Gasteiger charge is 2.24. The van der Waals surface area contributed by atoms with Crippen LogP contribution in [0, 0.1) is 0 Å². The van der Waals surface area contributed by atoms with Crippen LogP contribution in [0.4, 0.5) is 0 Å². The summed E-state index contributed by atoms with van der Waals surface area (Å²) in [5, 5.41) is 6.92. The van der Waals surface area contributed by atoms with Crippen LogP contribution in [0.25, 0.3) is 81.1 Å². The predicted molar refractivity (Wildman–Crippen MR) is 159 cm³/mol. The average molecular weight is 506 g/mol. The third-order valence-electron chi connectivity index (χ3n) is 7.66. The Morgan fingerprint density at radius 2 is 1.24 bits per heavy atom. The van der Waals surface area contributed by atoms with E-state index in [0.29, 0.717) is 5.78 Å². The second kappa shape index (κ2) is 7.37. The number of aromatic nitrogens is 1. The van der Waals surface area contributed by atoms with Crippen molar-refractivity contribution in [2.75, 3.05) is 0 Å². The molecule has 0 bridgehead atoms. The summed E-state index contributed by atoms with van der Waals surface area (Å²) in [6.07, 6.45) is 0. The fraction of sp³-hybridized carbons (Fsp3) is 0. The third kappa shape index (κ3) is 2.57. The molecule has 0 saturated heterocycles. The SMILES string of the molecule is c1ccc(-c2cccc3c2sc2c(-n4c5ccccc5c5c6c(oc7ccccc76)oc54)cccc23)cc1. The molecule has 0 spiro atoms. The van der Waals surface area contributed by atoms with Crippen LogP contribution in [0.5, 0.6) is 0 Å². The number of nitrogens with zero attached hydrogens (tertiary/aromatic N) is 1. The lowest BCUT2D eigenvalue weighted by molar-refractivity contribution is 0.516. The summed E-state index contributed by atoms with van der Waals surface area (Å²) in [5.74, 6) is 0.575. The number of hydrogen-bond donors (Lipinski definition) is 0. The molecule has 4 heterocycles. The topological polar surface area (TPSA) is 31.2 Å². The number of rotatable bonds is 2. The van der Waals surface area contributed by atoms with Crippen LogP contribution in [0.3, 0.4) is 0 Å². The minimum absolute atomic E-state index is 0.575. The molecule has 5 aromatic carbocycles. The lowest BCUT2D eigenvalue weighted by Crippen LogP contribution is -1.93. The van der Waals surface area contributed by atoms with Crippen molar-refractivity contribution in [3.8, 4) is 16.8 Å². The molecule has 0 atom stereocenters. The van der Waals surface area contributed by atoms with E-state index in [2.05, 4.69) is 108 Å². The molecule has 178 valence electrons. The molecular weight excluding hydrogens is 486 g/mol. The summed E-state index contributed by atoms with van der Waals surface area (Å²) in [6.45, 7) is 0. The van der Waals surface area contributed by atoms with E-state index < -0.39 is 0 Å². The summed E-state index contributed by atoms with van der Waals surface area (Å²) in [4.78, 5) is 0. The second-order valence-electron chi connectivity index (χ2n) is 9.70. The molecule has 0 saturated carbocycles. The van der Waals surface area contributed by atoms with Crippen molar-refractivity contribution in [3.05, 3.63) is 115 Å². The number of benzene rings is 5. The molecule has 4 aromatic heterocycles. The van der Waals surface area contributed by atoms with Gasteiger partial charge in [-0.25, -0.2) is 0 Å². The highest BCUT2D eigenvalue weighted by atomic mass is 32.1. The van der Waals surface area contributed by atoms with Gasteiger partial charge >= 0.3 is 5.78 Å². The van der Waals surface area contributed by atoms with Crippen molar-refractivity contribution in [1.29, 1.82) is 0 Å². The molecule has 0 fully saturated rings. The van der Waals surface area contributed by atoms with E-state index in [1.54, 1.807) is 0 Å². The van der Waals surface area contributed by atoms with E-state index in [1.807, 2.05) is 23.5 Å². The Morgan fingerprint density at radius 1 is 0.526 bits per heavy atom. The number of fused-ring (bicyclic) bond motifs is 10. The van der Waals surface area contributed by atoms with Gasteiger partial charge in [0, 0.05) is 26.2 Å². The van der Waals surface area contributed by atoms with Gasteiger partial charge in [-0.15, -0.1) is 11.3 Å². The van der Waals surface area contributed by atoms with Crippen LogP contribution < -0.4 is 0 Å². The van der Waals surface area contributed by atoms with Gasteiger partial charge in [0.2, 0.25) is 5.71 Å². The Labute approximate surface area is 220 Å². The summed E-state index contributed by atoms with van der Waals surface area (Å²) >= 11 is 1.85. The third-order valence-corrected chi connectivity index (χ3v) is 8.94. The average Bonchev–Trinajstić information content (AvgIpc) is 3.70. The van der Waals surface area contributed by atoms with E-state index in [4.69, 9.17) is 8.83 Å². The van der Waals surface area contributed by atoms with E-state index in [-0.39, 0.29) is 0 Å². The Kier molecular flexibility index (Phi) is 3.93. The first-order valence-corrected chi connectivity index (χ1v) is 13.5. The molecule has 0 aliphatic carbocycles. The first-order chi connectivity index (χ1) is 18.9. The van der Waals surface area contributed by atoms with Gasteiger partial charge in [-0.1, -0.05) is 97.1 Å². The first-order valence-electron chi connectivity index (χ1n) is 12.7. The number of hydrogen-bond acceptors (Lipinski definition) is 3. The summed E-state index contributed by atoms with van der Waals surface area (Å²) in [7, 11) is 0. The number of thiophene rings is 1. The van der Waals surface area contributed by atoms with Crippen molar-refractivity contribution >= 4 is 75.6 Å². The predicted octanol–water partition coefficient (Wildman–Crippen LogP) is 10.3. The van der Waals surface area contributed by atoms with E-state index >= 15 is 0 Å². The second-order valence-corrected chi connectivity index (χ2v) is 10.7. The van der Waals surface area contributed by atoms with Crippen molar-refractivity contribution in [1.82, 2.24) is 4.57 Å². The standard InChI is InChI=1S/C34H19NO2S/c1-2-10-20(11-3-1)21-14-8-15-22-23-16-9-18-27(32(23)38-31(21)22)35-26-17-6-4-12-24(26)29-30-25-13-5-7-19-28(25)36-34(30)37-33(29)35/h1-19H. The molecule has 4 heteroatoms. The minimum atomic E-state index is 0.575. The van der Waals surface area contributed by atoms with Gasteiger partial charge in [0.15, 0.2) is 0 Å². The zero-order valence-corrected chi connectivity index (χ0v) is 21.0. The molecule has 9 aromatic rings. The van der Waals surface area contributed by atoms with Gasteiger partial charge in [-0.05, 0) is 29.3 Å². The van der Waals surface area contributed by atoms with Crippen molar-refractivity contribution < 1.29 is 8.83 Å². The number of para-hydroxylation sites is 2. The Balaban J connectivity index is 1.42. The normalized spacial score (nSPS) is 12.2. The van der Waals surface area contributed by atoms with E-state index in [1.165, 1.54) is 31.3 Å². The van der Waals surface area contributed by atoms with Gasteiger partial charge in [0.25, 0.3) is 0 Å². The largest absolute Gasteiger partial charge is 0.425 e. The minimum Gasteiger partial charge on any atom is -0.425 e. The fourth-order valence-electron chi connectivity index (χ4n) is 6.04. The highest BCUT2D eigenvalue weighted by molar-refractivity contribution is 7.26. The zero-order chi connectivity index (χ0) is 24.8. The quantitative estimate of drug-likeness (QED) is 0.234. The molecule has 0 aliphatic heterocycles. The molecule has 0 amide bonds. The fourth-order valence-corrected chi connectivity index (χ4v) is 7.38. The number of furan rings is 2. The van der Waals surface area contributed by atoms with Crippen LogP contribution in [-0.4, -0.2) is 4.57 Å². The smallest absolute Gasteiger partial charge is 0.300 e. The van der Waals surface area contributed by atoms with E-state index in [9.17, 15) is 0 Å². The van der Waals surface area contributed by atoms with Gasteiger partial charge < -0.3 is 8.83 Å². The molecule has 0 N–H and O–H groups in total. The van der Waals surface area contributed by atoms with E-state index in [0.717, 1.165) is 44.0 Å². The maximum Gasteiger partial charge on any atom is 0.300 e. The lowest BCUT2D eigenvalue weighted by Gasteiger charge is -2.07. The van der Waals surface area contributed by atoms with Crippen molar-refractivity contribution in [2.24, 2.45) is 0 Å². The molecule has 0 radical (unpaired) electrons. The molecular formula is C34H19NO2S. The first kappa shape index (κ1) is 20.3. The van der Waals surface area contributed by atoms with Gasteiger partial charge in [-0.2, -0.15) is 0 Å². The maximum atomic E-state index is 6.52. The zero-order valence-electron chi connectivity index (χ0n) is 20.1. The van der Waals surface area contributed by atoms with Crippen LogP contribution in [-0.2, 0) is 0 Å².